The van der Waals surface area contributed by atoms with Gasteiger partial charge in [0.15, 0.2) is 0 Å². The molecule has 1 aliphatic rings. The van der Waals surface area contributed by atoms with E-state index < -0.39 is 15.6 Å². The third kappa shape index (κ3) is 2.19. The minimum atomic E-state index is -3.42. The molecule has 0 aromatic carbocycles. The normalized spacial score (nSPS) is 25.3. The molecule has 0 bridgehead atoms. The van der Waals surface area contributed by atoms with Gasteiger partial charge in [0.05, 0.1) is 3.79 Å². The van der Waals surface area contributed by atoms with Crippen LogP contribution in [-0.4, -0.2) is 30.8 Å². The van der Waals surface area contributed by atoms with Crippen molar-refractivity contribution in [1.82, 2.24) is 4.31 Å². The van der Waals surface area contributed by atoms with Crippen LogP contribution in [-0.2, 0) is 10.0 Å². The number of halogens is 1. The summed E-state index contributed by atoms with van der Waals surface area (Å²) in [4.78, 5) is 0. The quantitative estimate of drug-likeness (QED) is 0.897. The Morgan fingerprint density at radius 3 is 2.59 bits per heavy atom. The molecule has 1 fully saturated rings. The van der Waals surface area contributed by atoms with Gasteiger partial charge in [0, 0.05) is 18.1 Å². The summed E-state index contributed by atoms with van der Waals surface area (Å²) in [5.41, 5.74) is 5.45. The Morgan fingerprint density at radius 2 is 2.18 bits per heavy atom. The minimum absolute atomic E-state index is 0.110. The molecule has 2 N–H and O–H groups in total. The maximum atomic E-state index is 12.5. The highest BCUT2D eigenvalue weighted by atomic mass is 79.9. The summed E-state index contributed by atoms with van der Waals surface area (Å²) in [5.74, 6) is 0. The fourth-order valence-corrected chi connectivity index (χ4v) is 6.02. The lowest BCUT2D eigenvalue weighted by Crippen LogP contribution is -2.50. The van der Waals surface area contributed by atoms with Gasteiger partial charge in [0.2, 0.25) is 0 Å². The molecule has 0 aliphatic carbocycles. The highest BCUT2D eigenvalue weighted by molar-refractivity contribution is 9.11. The van der Waals surface area contributed by atoms with Gasteiger partial charge in [-0.1, -0.05) is 0 Å². The van der Waals surface area contributed by atoms with Gasteiger partial charge in [0.25, 0.3) is 10.0 Å². The molecule has 0 spiro atoms. The van der Waals surface area contributed by atoms with Crippen molar-refractivity contribution in [3.63, 3.8) is 0 Å². The van der Waals surface area contributed by atoms with Gasteiger partial charge in [-0.25, -0.2) is 8.42 Å². The molecule has 96 valence electrons. The molecular formula is C10H15BrN2O2S2. The van der Waals surface area contributed by atoms with Crippen LogP contribution in [0.3, 0.4) is 0 Å². The smallest absolute Gasteiger partial charge is 0.253 e. The average molecular weight is 339 g/mol. The summed E-state index contributed by atoms with van der Waals surface area (Å²) >= 11 is 4.51. The monoisotopic (exact) mass is 338 g/mol. The summed E-state index contributed by atoms with van der Waals surface area (Å²) in [6.45, 7) is 4.25. The van der Waals surface area contributed by atoms with E-state index >= 15 is 0 Å². The van der Waals surface area contributed by atoms with Crippen LogP contribution in [0.15, 0.2) is 20.1 Å². The van der Waals surface area contributed by atoms with Crippen molar-refractivity contribution in [2.45, 2.75) is 36.1 Å². The zero-order valence-corrected chi connectivity index (χ0v) is 12.9. The zero-order chi connectivity index (χ0) is 12.8. The van der Waals surface area contributed by atoms with E-state index in [1.54, 1.807) is 12.1 Å². The lowest BCUT2D eigenvalue weighted by atomic mass is 9.98. The van der Waals surface area contributed by atoms with Crippen LogP contribution >= 0.6 is 27.3 Å². The largest absolute Gasteiger partial charge is 0.326 e. The lowest BCUT2D eigenvalue weighted by molar-refractivity contribution is 0.270. The fraction of sp³-hybridized carbons (Fsp3) is 0.600. The van der Waals surface area contributed by atoms with E-state index in [4.69, 9.17) is 5.73 Å². The van der Waals surface area contributed by atoms with E-state index in [1.807, 2.05) is 13.8 Å². The second-order valence-corrected chi connectivity index (χ2v) is 9.24. The SMILES string of the molecule is CC1(C)C(N)CCN1S(=O)(=O)c1ccc(Br)s1. The van der Waals surface area contributed by atoms with Crippen LogP contribution in [0.4, 0.5) is 0 Å². The maximum Gasteiger partial charge on any atom is 0.253 e. The van der Waals surface area contributed by atoms with Crippen LogP contribution < -0.4 is 5.73 Å². The van der Waals surface area contributed by atoms with Gasteiger partial charge in [-0.05, 0) is 48.3 Å². The van der Waals surface area contributed by atoms with Gasteiger partial charge >= 0.3 is 0 Å². The summed E-state index contributed by atoms with van der Waals surface area (Å²) in [6.07, 6.45) is 0.707. The molecule has 0 amide bonds. The predicted octanol–water partition coefficient (Wildman–Crippen LogP) is 2.01. The molecule has 7 heteroatoms. The van der Waals surface area contributed by atoms with Crippen LogP contribution in [0.2, 0.25) is 0 Å². The first-order valence-electron chi connectivity index (χ1n) is 5.30. The summed E-state index contributed by atoms with van der Waals surface area (Å²) in [6, 6.07) is 3.27. The Kier molecular flexibility index (Phi) is 3.42. The summed E-state index contributed by atoms with van der Waals surface area (Å²) < 4.78 is 27.6. The molecule has 1 unspecified atom stereocenters. The van der Waals surface area contributed by atoms with Crippen LogP contribution in [0, 0.1) is 0 Å². The third-order valence-electron chi connectivity index (χ3n) is 3.29. The maximum absolute atomic E-state index is 12.5. The molecule has 1 aromatic rings. The van der Waals surface area contributed by atoms with Crippen molar-refractivity contribution in [1.29, 1.82) is 0 Å². The average Bonchev–Trinajstić information content (AvgIpc) is 2.73. The van der Waals surface area contributed by atoms with E-state index in [2.05, 4.69) is 15.9 Å². The van der Waals surface area contributed by atoms with E-state index in [9.17, 15) is 8.42 Å². The van der Waals surface area contributed by atoms with E-state index in [-0.39, 0.29) is 6.04 Å². The van der Waals surface area contributed by atoms with Crippen molar-refractivity contribution in [3.8, 4) is 0 Å². The molecule has 0 saturated carbocycles. The molecule has 2 heterocycles. The predicted molar refractivity (Wildman–Crippen MR) is 72.6 cm³/mol. The van der Waals surface area contributed by atoms with Gasteiger partial charge in [-0.2, -0.15) is 4.31 Å². The van der Waals surface area contributed by atoms with Gasteiger partial charge in [0.1, 0.15) is 4.21 Å². The first kappa shape index (κ1) is 13.5. The number of nitrogens with zero attached hydrogens (tertiary/aromatic N) is 1. The Labute approximate surface area is 114 Å². The summed E-state index contributed by atoms with van der Waals surface area (Å²) in [5, 5.41) is 0. The summed E-state index contributed by atoms with van der Waals surface area (Å²) in [7, 11) is -3.42. The molecule has 2 rings (SSSR count). The van der Waals surface area contributed by atoms with Crippen LogP contribution in [0.25, 0.3) is 0 Å². The molecule has 1 aromatic heterocycles. The highest BCUT2D eigenvalue weighted by Gasteiger charge is 2.46. The third-order valence-corrected chi connectivity index (χ3v) is 7.46. The highest BCUT2D eigenvalue weighted by Crippen LogP contribution is 2.36. The Hall–Kier alpha value is 0.0500. The fourth-order valence-electron chi connectivity index (χ4n) is 2.06. The van der Waals surface area contributed by atoms with Crippen molar-refractivity contribution >= 4 is 37.3 Å². The van der Waals surface area contributed by atoms with Crippen LogP contribution in [0.5, 0.6) is 0 Å². The zero-order valence-electron chi connectivity index (χ0n) is 9.68. The Balaban J connectivity index is 2.41. The Morgan fingerprint density at radius 1 is 1.53 bits per heavy atom. The van der Waals surface area contributed by atoms with Crippen molar-refractivity contribution in [3.05, 3.63) is 15.9 Å². The number of rotatable bonds is 2. The standard InChI is InChI=1S/C10H15BrN2O2S2/c1-10(2)7(12)5-6-13(10)17(14,15)9-4-3-8(11)16-9/h3-4,7H,5-6,12H2,1-2H3. The number of hydrogen-bond donors (Lipinski definition) is 1. The second kappa shape index (κ2) is 4.31. The number of sulfonamides is 1. The first-order chi connectivity index (χ1) is 7.76. The molecule has 4 nitrogen and oxygen atoms in total. The first-order valence-corrected chi connectivity index (χ1v) is 8.35. The molecule has 1 aliphatic heterocycles. The van der Waals surface area contributed by atoms with E-state index in [0.29, 0.717) is 17.2 Å². The molecule has 0 radical (unpaired) electrons. The molecule has 17 heavy (non-hydrogen) atoms. The van der Waals surface area contributed by atoms with Gasteiger partial charge < -0.3 is 5.73 Å². The van der Waals surface area contributed by atoms with Gasteiger partial charge in [-0.3, -0.25) is 0 Å². The topological polar surface area (TPSA) is 63.4 Å². The lowest BCUT2D eigenvalue weighted by Gasteiger charge is -2.32. The number of nitrogens with two attached hydrogens (primary N) is 1. The Bertz CT molecular complexity index is 524. The second-order valence-electron chi connectivity index (χ2n) is 4.68. The van der Waals surface area contributed by atoms with Crippen molar-refractivity contribution in [2.24, 2.45) is 5.73 Å². The van der Waals surface area contributed by atoms with Crippen molar-refractivity contribution < 1.29 is 8.42 Å². The number of thiophene rings is 1. The van der Waals surface area contributed by atoms with Crippen LogP contribution in [0.1, 0.15) is 20.3 Å². The molecular weight excluding hydrogens is 324 g/mol. The van der Waals surface area contributed by atoms with Crippen molar-refractivity contribution in [2.75, 3.05) is 6.54 Å². The van der Waals surface area contributed by atoms with E-state index in [1.165, 1.54) is 15.6 Å². The molecule has 1 saturated heterocycles. The van der Waals surface area contributed by atoms with Gasteiger partial charge in [-0.15, -0.1) is 11.3 Å². The molecule has 1 atom stereocenters. The minimum Gasteiger partial charge on any atom is -0.326 e. The number of hydrogen-bond acceptors (Lipinski definition) is 4. The van der Waals surface area contributed by atoms with E-state index in [0.717, 1.165) is 3.79 Å².